The predicted molar refractivity (Wildman–Crippen MR) is 58.4 cm³/mol. The van der Waals surface area contributed by atoms with E-state index in [1.807, 2.05) is 6.92 Å². The molecule has 0 aliphatic carbocycles. The lowest BCUT2D eigenvalue weighted by atomic mass is 9.89. The number of aromatic nitrogens is 1. The molecule has 4 heteroatoms. The van der Waals surface area contributed by atoms with E-state index in [2.05, 4.69) is 24.1 Å². The molecule has 14 heavy (non-hydrogen) atoms. The minimum absolute atomic E-state index is 0.168. The van der Waals surface area contributed by atoms with Crippen LogP contribution in [0.4, 0.5) is 0 Å². The Morgan fingerprint density at radius 1 is 1.50 bits per heavy atom. The fourth-order valence-electron chi connectivity index (χ4n) is 1.67. The van der Waals surface area contributed by atoms with Crippen molar-refractivity contribution in [1.82, 2.24) is 10.3 Å². The first kappa shape index (κ1) is 9.65. The second kappa shape index (κ2) is 3.05. The van der Waals surface area contributed by atoms with Gasteiger partial charge in [0.2, 0.25) is 0 Å². The van der Waals surface area contributed by atoms with Crippen LogP contribution in [0.5, 0.6) is 0 Å². The van der Waals surface area contributed by atoms with Crippen LogP contribution in [0.25, 0.3) is 0 Å². The van der Waals surface area contributed by atoms with Crippen LogP contribution in [-0.2, 0) is 6.42 Å². The molecule has 0 amide bonds. The molecule has 0 aromatic carbocycles. The Morgan fingerprint density at radius 2 is 2.21 bits per heavy atom. The molecule has 0 bridgehead atoms. The van der Waals surface area contributed by atoms with Crippen LogP contribution < -0.4 is 5.32 Å². The minimum atomic E-state index is 0.168. The van der Waals surface area contributed by atoms with E-state index >= 15 is 0 Å². The summed E-state index contributed by atoms with van der Waals surface area (Å²) in [5, 5.41) is 3.21. The van der Waals surface area contributed by atoms with Crippen molar-refractivity contribution in [2.24, 2.45) is 5.41 Å². The highest BCUT2D eigenvalue weighted by Gasteiger charge is 2.28. The van der Waals surface area contributed by atoms with Crippen molar-refractivity contribution in [3.63, 3.8) is 0 Å². The van der Waals surface area contributed by atoms with E-state index in [1.165, 1.54) is 0 Å². The number of nitrogens with zero attached hydrogens (tertiary/aromatic N) is 1. The molecular weight excluding hydrogens is 196 g/mol. The summed E-state index contributed by atoms with van der Waals surface area (Å²) in [6.07, 6.45) is 0.885. The lowest BCUT2D eigenvalue weighted by molar-refractivity contribution is 0.328. The Balaban J connectivity index is 2.45. The monoisotopic (exact) mass is 210 g/mol. The average molecular weight is 210 g/mol. The van der Waals surface area contributed by atoms with Crippen LogP contribution >= 0.6 is 12.2 Å². The maximum absolute atomic E-state index is 5.55. The molecule has 3 nitrogen and oxygen atoms in total. The number of fused-ring (bicyclic) bond motifs is 1. The molecule has 0 atom stereocenters. The molecular formula is C10H14N2OS. The molecule has 0 unspecified atom stereocenters. The van der Waals surface area contributed by atoms with E-state index in [-0.39, 0.29) is 5.41 Å². The van der Waals surface area contributed by atoms with Gasteiger partial charge in [0.25, 0.3) is 0 Å². The predicted octanol–water partition coefficient (Wildman–Crippen LogP) is 1.83. The smallest absolute Gasteiger partial charge is 0.191 e. The van der Waals surface area contributed by atoms with Gasteiger partial charge >= 0.3 is 0 Å². The number of hydrogen-bond donors (Lipinski definition) is 1. The highest BCUT2D eigenvalue weighted by molar-refractivity contribution is 7.80. The number of thiocarbonyl (C=S) groups is 1. The third-order valence-electron chi connectivity index (χ3n) is 2.39. The molecule has 1 aromatic heterocycles. The molecule has 1 aromatic rings. The Labute approximate surface area is 88.9 Å². The summed E-state index contributed by atoms with van der Waals surface area (Å²) in [7, 11) is 0. The van der Waals surface area contributed by atoms with Gasteiger partial charge in [-0.3, -0.25) is 0 Å². The second-order valence-electron chi connectivity index (χ2n) is 4.53. The molecule has 76 valence electrons. The summed E-state index contributed by atoms with van der Waals surface area (Å²) in [6.45, 7) is 7.10. The highest BCUT2D eigenvalue weighted by Crippen LogP contribution is 2.26. The summed E-state index contributed by atoms with van der Waals surface area (Å²) in [4.78, 5) is 5.00. The first-order valence-electron chi connectivity index (χ1n) is 4.72. The first-order chi connectivity index (χ1) is 6.48. The van der Waals surface area contributed by atoms with Crippen LogP contribution in [0.2, 0.25) is 0 Å². The molecule has 0 radical (unpaired) electrons. The van der Waals surface area contributed by atoms with E-state index in [1.54, 1.807) is 0 Å². The zero-order valence-electron chi connectivity index (χ0n) is 8.68. The lowest BCUT2D eigenvalue weighted by Gasteiger charge is -2.21. The van der Waals surface area contributed by atoms with Gasteiger partial charge in [0.1, 0.15) is 16.4 Å². The molecule has 2 heterocycles. The summed E-state index contributed by atoms with van der Waals surface area (Å²) >= 11 is 5.23. The van der Waals surface area contributed by atoms with Gasteiger partial charge in [0.05, 0.1) is 0 Å². The van der Waals surface area contributed by atoms with E-state index < -0.39 is 0 Å². The zero-order valence-corrected chi connectivity index (χ0v) is 9.49. The average Bonchev–Trinajstić information content (AvgIpc) is 2.37. The van der Waals surface area contributed by atoms with Gasteiger partial charge in [0, 0.05) is 19.9 Å². The van der Waals surface area contributed by atoms with Gasteiger partial charge in [-0.1, -0.05) is 26.1 Å². The van der Waals surface area contributed by atoms with Crippen LogP contribution in [0.15, 0.2) is 4.42 Å². The highest BCUT2D eigenvalue weighted by atomic mass is 32.1. The van der Waals surface area contributed by atoms with Crippen molar-refractivity contribution in [3.8, 4) is 0 Å². The fourth-order valence-corrected chi connectivity index (χ4v) is 1.90. The quantitative estimate of drug-likeness (QED) is 0.663. The Hall–Kier alpha value is -0.900. The number of hydrogen-bond acceptors (Lipinski definition) is 3. The summed E-state index contributed by atoms with van der Waals surface area (Å²) in [6, 6.07) is 0. The van der Waals surface area contributed by atoms with Gasteiger partial charge in [-0.05, 0) is 5.41 Å². The van der Waals surface area contributed by atoms with Crippen molar-refractivity contribution in [3.05, 3.63) is 17.3 Å². The molecule has 1 aliphatic heterocycles. The van der Waals surface area contributed by atoms with E-state index in [9.17, 15) is 0 Å². The van der Waals surface area contributed by atoms with Crippen LogP contribution in [0, 0.1) is 12.3 Å². The number of rotatable bonds is 0. The van der Waals surface area contributed by atoms with E-state index in [4.69, 9.17) is 16.6 Å². The van der Waals surface area contributed by atoms with Crippen molar-refractivity contribution in [2.75, 3.05) is 6.54 Å². The molecule has 2 rings (SSSR count). The van der Waals surface area contributed by atoms with Gasteiger partial charge in [0.15, 0.2) is 5.89 Å². The molecule has 0 spiro atoms. The molecule has 0 saturated carbocycles. The lowest BCUT2D eigenvalue weighted by Crippen LogP contribution is -2.31. The van der Waals surface area contributed by atoms with Crippen LogP contribution in [0.1, 0.15) is 31.2 Å². The first-order valence-corrected chi connectivity index (χ1v) is 5.13. The van der Waals surface area contributed by atoms with Gasteiger partial charge < -0.3 is 9.73 Å². The SMILES string of the molecule is Cc1nc2c(o1)CC(C)(C)CNC2=S. The van der Waals surface area contributed by atoms with Crippen molar-refractivity contribution in [1.29, 1.82) is 0 Å². The largest absolute Gasteiger partial charge is 0.445 e. The summed E-state index contributed by atoms with van der Waals surface area (Å²) in [5.74, 6) is 1.61. The summed E-state index contributed by atoms with van der Waals surface area (Å²) in [5.41, 5.74) is 0.990. The van der Waals surface area contributed by atoms with Crippen molar-refractivity contribution >= 4 is 17.2 Å². The normalized spacial score (nSPS) is 19.8. The Morgan fingerprint density at radius 3 is 2.93 bits per heavy atom. The fraction of sp³-hybridized carbons (Fsp3) is 0.600. The molecule has 1 N–H and O–H groups in total. The van der Waals surface area contributed by atoms with Crippen LogP contribution in [0.3, 0.4) is 0 Å². The van der Waals surface area contributed by atoms with E-state index in [0.717, 1.165) is 24.4 Å². The molecule has 0 saturated heterocycles. The van der Waals surface area contributed by atoms with Gasteiger partial charge in [-0.25, -0.2) is 4.98 Å². The summed E-state index contributed by atoms with van der Waals surface area (Å²) < 4.78 is 5.55. The Bertz CT molecular complexity index is 381. The van der Waals surface area contributed by atoms with Gasteiger partial charge in [-0.2, -0.15) is 0 Å². The van der Waals surface area contributed by atoms with E-state index in [0.29, 0.717) is 10.9 Å². The third-order valence-corrected chi connectivity index (χ3v) is 2.72. The van der Waals surface area contributed by atoms with Gasteiger partial charge in [-0.15, -0.1) is 0 Å². The molecule has 1 aliphatic rings. The molecule has 0 fully saturated rings. The Kier molecular flexibility index (Phi) is 2.10. The topological polar surface area (TPSA) is 38.1 Å². The van der Waals surface area contributed by atoms with Crippen molar-refractivity contribution in [2.45, 2.75) is 27.2 Å². The van der Waals surface area contributed by atoms with Crippen molar-refractivity contribution < 1.29 is 4.42 Å². The number of oxazole rings is 1. The van der Waals surface area contributed by atoms with Crippen LogP contribution in [-0.4, -0.2) is 16.5 Å². The standard InChI is InChI=1S/C10H14N2OS/c1-6-12-8-7(13-6)4-10(2,3)5-11-9(8)14/h4-5H2,1-3H3,(H,11,14). The number of nitrogens with one attached hydrogen (secondary N) is 1. The second-order valence-corrected chi connectivity index (χ2v) is 4.94. The maximum Gasteiger partial charge on any atom is 0.191 e. The number of aryl methyl sites for hydroxylation is 1. The third kappa shape index (κ3) is 1.66. The zero-order chi connectivity index (χ0) is 10.3. The maximum atomic E-state index is 5.55. The minimum Gasteiger partial charge on any atom is -0.445 e.